The van der Waals surface area contributed by atoms with Gasteiger partial charge in [-0.05, 0) is 59.7 Å². The Morgan fingerprint density at radius 2 is 1.68 bits per heavy atom. The van der Waals surface area contributed by atoms with Crippen molar-refractivity contribution in [2.24, 2.45) is 0 Å². The number of thioether (sulfide) groups is 1. The molecule has 2 aromatic heterocycles. The molecule has 13 heteroatoms. The Morgan fingerprint density at radius 1 is 0.872 bits per heavy atom. The molecule has 8 nitrogen and oxygen atoms in total. The molecule has 2 amide bonds. The van der Waals surface area contributed by atoms with Crippen LogP contribution in [-0.2, 0) is 22.6 Å². The van der Waals surface area contributed by atoms with Crippen molar-refractivity contribution in [3.63, 3.8) is 0 Å². The summed E-state index contributed by atoms with van der Waals surface area (Å²) in [6.45, 7) is 0.122. The van der Waals surface area contributed by atoms with E-state index in [4.69, 9.17) is 27.6 Å². The van der Waals surface area contributed by atoms with Crippen molar-refractivity contribution in [3.05, 3.63) is 145 Å². The zero-order valence-corrected chi connectivity index (χ0v) is 27.1. The van der Waals surface area contributed by atoms with Gasteiger partial charge in [-0.15, -0.1) is 10.2 Å². The lowest BCUT2D eigenvalue weighted by atomic mass is 9.84. The van der Waals surface area contributed by atoms with Crippen LogP contribution in [0.25, 0.3) is 11.0 Å². The topological polar surface area (TPSA) is 96.6 Å². The van der Waals surface area contributed by atoms with E-state index in [1.54, 1.807) is 54.6 Å². The summed E-state index contributed by atoms with van der Waals surface area (Å²) in [5.74, 6) is -1.74. The van der Waals surface area contributed by atoms with Crippen LogP contribution in [0.4, 0.5) is 15.2 Å². The second kappa shape index (κ2) is 11.3. The summed E-state index contributed by atoms with van der Waals surface area (Å²) in [5, 5.41) is 9.84. The van der Waals surface area contributed by atoms with Gasteiger partial charge in [0.1, 0.15) is 11.4 Å². The van der Waals surface area contributed by atoms with Gasteiger partial charge in [-0.3, -0.25) is 19.3 Å². The first kappa shape index (κ1) is 29.8. The van der Waals surface area contributed by atoms with Crippen LogP contribution in [0.5, 0.6) is 0 Å². The first-order valence-electron chi connectivity index (χ1n) is 14.2. The van der Waals surface area contributed by atoms with Crippen LogP contribution in [0.3, 0.4) is 0 Å². The fraction of sp³-hybridized carbons (Fsp3) is 0.0882. The highest BCUT2D eigenvalue weighted by Gasteiger charge is 2.66. The zero-order valence-electron chi connectivity index (χ0n) is 23.9. The highest BCUT2D eigenvalue weighted by atomic mass is 35.5. The molecule has 1 spiro atoms. The van der Waals surface area contributed by atoms with Crippen LogP contribution >= 0.6 is 46.3 Å². The molecule has 0 saturated carbocycles. The number of fused-ring (bicyclic) bond motifs is 5. The zero-order chi connectivity index (χ0) is 32.4. The van der Waals surface area contributed by atoms with Gasteiger partial charge in [-0.1, -0.05) is 88.8 Å². The Hall–Kier alpha value is -4.55. The Balaban J connectivity index is 1.32. The van der Waals surface area contributed by atoms with Gasteiger partial charge < -0.3 is 9.32 Å². The van der Waals surface area contributed by atoms with E-state index in [1.165, 1.54) is 27.6 Å². The SMILES string of the molecule is O=C1c2oc3ccc(F)cc3c(=O)c2C2(C(=O)N(Cc3ccc(Cl)cc3)c3ccccc32)N1c1nnc(SCc2cccc(Cl)c2)s1. The van der Waals surface area contributed by atoms with Gasteiger partial charge in [0.05, 0.1) is 23.2 Å². The molecule has 0 saturated heterocycles. The lowest BCUT2D eigenvalue weighted by Crippen LogP contribution is -2.53. The van der Waals surface area contributed by atoms with Crippen molar-refractivity contribution < 1.29 is 18.4 Å². The van der Waals surface area contributed by atoms with Crippen molar-refractivity contribution in [1.29, 1.82) is 0 Å². The maximum Gasteiger partial charge on any atom is 0.297 e. The highest BCUT2D eigenvalue weighted by Crippen LogP contribution is 2.55. The number of rotatable bonds is 6. The van der Waals surface area contributed by atoms with Crippen LogP contribution in [0.15, 0.2) is 105 Å². The van der Waals surface area contributed by atoms with Gasteiger partial charge in [0.25, 0.3) is 11.8 Å². The second-order valence-electron chi connectivity index (χ2n) is 10.9. The summed E-state index contributed by atoms with van der Waals surface area (Å²) in [7, 11) is 0. The fourth-order valence-corrected chi connectivity index (χ4v) is 8.36. The molecule has 0 N–H and O–H groups in total. The van der Waals surface area contributed by atoms with Crippen LogP contribution < -0.4 is 15.2 Å². The van der Waals surface area contributed by atoms with Crippen molar-refractivity contribution in [3.8, 4) is 0 Å². The summed E-state index contributed by atoms with van der Waals surface area (Å²) in [6, 6.07) is 24.9. The van der Waals surface area contributed by atoms with E-state index in [1.807, 2.05) is 18.2 Å². The molecule has 4 aromatic carbocycles. The molecule has 4 heterocycles. The molecular weight excluding hydrogens is 682 g/mol. The largest absolute Gasteiger partial charge is 0.450 e. The van der Waals surface area contributed by atoms with Gasteiger partial charge in [0, 0.05) is 21.4 Å². The molecule has 1 atom stereocenters. The van der Waals surface area contributed by atoms with Crippen molar-refractivity contribution >= 4 is 79.9 Å². The van der Waals surface area contributed by atoms with Crippen molar-refractivity contribution in [2.45, 2.75) is 22.2 Å². The number of hydrogen-bond acceptors (Lipinski definition) is 8. The second-order valence-corrected chi connectivity index (χ2v) is 14.0. The van der Waals surface area contributed by atoms with Crippen molar-refractivity contribution in [2.75, 3.05) is 9.80 Å². The third-order valence-corrected chi connectivity index (χ3v) is 10.8. The number of carbonyl (C=O) groups excluding carboxylic acids is 2. The number of anilines is 2. The molecule has 0 fully saturated rings. The lowest BCUT2D eigenvalue weighted by Gasteiger charge is -2.32. The molecule has 1 unspecified atom stereocenters. The van der Waals surface area contributed by atoms with Gasteiger partial charge in [-0.25, -0.2) is 4.39 Å². The van der Waals surface area contributed by atoms with Gasteiger partial charge in [0.15, 0.2) is 15.3 Å². The maximum absolute atomic E-state index is 15.0. The number of aromatic nitrogens is 2. The summed E-state index contributed by atoms with van der Waals surface area (Å²) in [4.78, 5) is 46.6. The summed E-state index contributed by atoms with van der Waals surface area (Å²) in [6.07, 6.45) is 0. The van der Waals surface area contributed by atoms with Crippen LogP contribution in [0.1, 0.15) is 32.8 Å². The maximum atomic E-state index is 15.0. The average molecular weight is 702 g/mol. The molecule has 0 radical (unpaired) electrons. The summed E-state index contributed by atoms with van der Waals surface area (Å²) < 4.78 is 21.0. The minimum absolute atomic E-state index is 0.0206. The molecule has 2 aliphatic rings. The molecule has 47 heavy (non-hydrogen) atoms. The number of halogens is 3. The smallest absolute Gasteiger partial charge is 0.297 e. The Kier molecular flexibility index (Phi) is 7.17. The number of benzene rings is 4. The number of hydrogen-bond donors (Lipinski definition) is 0. The molecule has 232 valence electrons. The minimum Gasteiger partial charge on any atom is -0.450 e. The number of amides is 2. The molecule has 0 bridgehead atoms. The van der Waals surface area contributed by atoms with E-state index >= 15 is 4.79 Å². The van der Waals surface area contributed by atoms with Crippen LogP contribution in [0.2, 0.25) is 10.0 Å². The number of para-hydroxylation sites is 1. The Labute approximate surface area is 284 Å². The monoisotopic (exact) mass is 700 g/mol. The van der Waals surface area contributed by atoms with Gasteiger partial charge in [-0.2, -0.15) is 0 Å². The van der Waals surface area contributed by atoms with E-state index in [0.717, 1.165) is 34.6 Å². The average Bonchev–Trinajstić information content (AvgIpc) is 3.70. The Bertz CT molecular complexity index is 2330. The fourth-order valence-electron chi connectivity index (χ4n) is 6.19. The summed E-state index contributed by atoms with van der Waals surface area (Å²) in [5.41, 5.74) is -0.235. The third kappa shape index (κ3) is 4.68. The third-order valence-electron chi connectivity index (χ3n) is 8.18. The first-order chi connectivity index (χ1) is 22.8. The quantitative estimate of drug-likeness (QED) is 0.129. The van der Waals surface area contributed by atoms with Gasteiger partial charge >= 0.3 is 0 Å². The summed E-state index contributed by atoms with van der Waals surface area (Å²) >= 11 is 14.8. The first-order valence-corrected chi connectivity index (χ1v) is 16.8. The van der Waals surface area contributed by atoms with Crippen molar-refractivity contribution in [1.82, 2.24) is 10.2 Å². The standard InChI is InChI=1S/C34H19Cl2FN4O4S2/c35-20-10-8-18(9-11-20)16-40-25-7-2-1-6-24(25)34(31(40)44)27-28(42)23-15-22(37)12-13-26(23)45-29(27)30(43)41(34)32-38-39-33(47-32)46-17-19-4-3-5-21(36)14-19/h1-15H,16-17H2. The molecule has 2 aliphatic heterocycles. The number of carbonyl (C=O) groups is 2. The normalized spacial score (nSPS) is 16.8. The molecule has 0 aliphatic carbocycles. The lowest BCUT2D eigenvalue weighted by molar-refractivity contribution is -0.121. The molecule has 6 aromatic rings. The predicted octanol–water partition coefficient (Wildman–Crippen LogP) is 7.83. The number of nitrogens with zero attached hydrogens (tertiary/aromatic N) is 4. The van der Waals surface area contributed by atoms with E-state index < -0.39 is 28.6 Å². The van der Waals surface area contributed by atoms with E-state index in [9.17, 15) is 14.0 Å². The van der Waals surface area contributed by atoms with E-state index in [-0.39, 0.29) is 34.0 Å². The van der Waals surface area contributed by atoms with Crippen LogP contribution in [-0.4, -0.2) is 22.0 Å². The minimum atomic E-state index is -2.00. The van der Waals surface area contributed by atoms with E-state index in [2.05, 4.69) is 10.2 Å². The highest BCUT2D eigenvalue weighted by molar-refractivity contribution is 8.00. The predicted molar refractivity (Wildman–Crippen MR) is 180 cm³/mol. The Morgan fingerprint density at radius 3 is 2.49 bits per heavy atom. The molecular formula is C34H19Cl2FN4O4S2. The van der Waals surface area contributed by atoms with Crippen LogP contribution in [0, 0.1) is 5.82 Å². The van der Waals surface area contributed by atoms with Gasteiger partial charge in [0.2, 0.25) is 10.9 Å². The molecule has 8 rings (SSSR count). The van der Waals surface area contributed by atoms with E-state index in [0.29, 0.717) is 31.4 Å².